The smallest absolute Gasteiger partial charge is 0.199 e. The lowest BCUT2D eigenvalue weighted by Gasteiger charge is -2.34. The second-order valence-corrected chi connectivity index (χ2v) is 11.3. The molecule has 1 aromatic heterocycles. The summed E-state index contributed by atoms with van der Waals surface area (Å²) in [5.74, 6) is 0.772. The molecule has 3 aromatic carbocycles. The van der Waals surface area contributed by atoms with Crippen molar-refractivity contribution in [2.75, 3.05) is 31.5 Å². The first-order valence-corrected chi connectivity index (χ1v) is 14.6. The molecular weight excluding hydrogens is 498 g/mol. The third-order valence-corrected chi connectivity index (χ3v) is 8.28. The summed E-state index contributed by atoms with van der Waals surface area (Å²) in [6, 6.07) is 14.2. The Balaban J connectivity index is 1.76. The van der Waals surface area contributed by atoms with E-state index < -0.39 is 5.60 Å². The average Bonchev–Trinajstić information content (AvgIpc) is 2.93. The number of aromatic nitrogens is 1. The van der Waals surface area contributed by atoms with Gasteiger partial charge in [-0.3, -0.25) is 9.59 Å². The number of carbonyl (C=O) groups is 1. The first-order valence-electron chi connectivity index (χ1n) is 14.6. The van der Waals surface area contributed by atoms with Crippen molar-refractivity contribution in [2.45, 2.75) is 59.5 Å². The van der Waals surface area contributed by atoms with E-state index in [1.165, 1.54) is 0 Å². The summed E-state index contributed by atoms with van der Waals surface area (Å²) in [5, 5.41) is 7.02. The van der Waals surface area contributed by atoms with Crippen LogP contribution in [0, 0.1) is 0 Å². The molecule has 0 aliphatic carbocycles. The molecule has 1 aliphatic heterocycles. The lowest BCUT2D eigenvalue weighted by atomic mass is 9.86. The number of nitrogens with one attached hydrogen (secondary N) is 1. The Bertz CT molecular complexity index is 1690. The van der Waals surface area contributed by atoms with Crippen molar-refractivity contribution in [1.82, 2.24) is 9.47 Å². The molecule has 6 nitrogen and oxygen atoms in total. The fourth-order valence-electron chi connectivity index (χ4n) is 6.04. The molecule has 6 heteroatoms. The maximum absolute atomic E-state index is 14.3. The van der Waals surface area contributed by atoms with Crippen LogP contribution in [-0.2, 0) is 11.8 Å². The van der Waals surface area contributed by atoms with Gasteiger partial charge in [0.1, 0.15) is 11.4 Å². The van der Waals surface area contributed by atoms with E-state index in [0.29, 0.717) is 28.5 Å². The predicted octanol–water partition coefficient (Wildman–Crippen LogP) is 6.91. The lowest BCUT2D eigenvalue weighted by Crippen LogP contribution is -2.37. The molecule has 0 radical (unpaired) electrons. The molecule has 0 bridgehead atoms. The van der Waals surface area contributed by atoms with E-state index in [4.69, 9.17) is 4.74 Å². The largest absolute Gasteiger partial charge is 0.482 e. The van der Waals surface area contributed by atoms with Crippen molar-refractivity contribution in [2.24, 2.45) is 7.05 Å². The van der Waals surface area contributed by atoms with Gasteiger partial charge in [0.15, 0.2) is 11.2 Å². The van der Waals surface area contributed by atoms with Crippen LogP contribution in [0.5, 0.6) is 5.75 Å². The molecule has 5 rings (SSSR count). The van der Waals surface area contributed by atoms with E-state index in [9.17, 15) is 9.59 Å². The van der Waals surface area contributed by atoms with Crippen molar-refractivity contribution in [3.8, 4) is 5.75 Å². The zero-order valence-electron chi connectivity index (χ0n) is 24.7. The third kappa shape index (κ3) is 4.90. The summed E-state index contributed by atoms with van der Waals surface area (Å²) in [7, 11) is 2.00. The number of pyridine rings is 1. The molecule has 0 spiro atoms. The summed E-state index contributed by atoms with van der Waals surface area (Å²) in [4.78, 5) is 29.9. The van der Waals surface area contributed by atoms with Crippen LogP contribution >= 0.6 is 0 Å². The van der Waals surface area contributed by atoms with Crippen molar-refractivity contribution >= 4 is 50.1 Å². The Morgan fingerprint density at radius 3 is 2.42 bits per heavy atom. The van der Waals surface area contributed by atoms with Gasteiger partial charge < -0.3 is 19.5 Å². The summed E-state index contributed by atoms with van der Waals surface area (Å²) in [6.07, 6.45) is 4.16. The van der Waals surface area contributed by atoms with Crippen LogP contribution in [0.2, 0.25) is 0 Å². The highest BCUT2D eigenvalue weighted by Gasteiger charge is 2.36. The normalized spacial score (nSPS) is 14.4. The van der Waals surface area contributed by atoms with E-state index >= 15 is 0 Å². The number of hydrogen-bond donors (Lipinski definition) is 1. The summed E-state index contributed by atoms with van der Waals surface area (Å²) in [5.41, 5.74) is 3.08. The Kier molecular flexibility index (Phi) is 7.74. The fraction of sp³-hybridized carbons (Fsp3) is 0.412. The molecular formula is C34H41N3O3. The van der Waals surface area contributed by atoms with E-state index in [1.54, 1.807) is 0 Å². The van der Waals surface area contributed by atoms with E-state index in [2.05, 4.69) is 40.8 Å². The first kappa shape index (κ1) is 27.9. The number of ether oxygens (including phenoxy) is 1. The summed E-state index contributed by atoms with van der Waals surface area (Å²) in [6.45, 7) is 14.0. The highest BCUT2D eigenvalue weighted by Crippen LogP contribution is 2.43. The number of fused-ring (bicyclic) bond motifs is 5. The van der Waals surface area contributed by atoms with Crippen LogP contribution < -0.4 is 15.5 Å². The minimum Gasteiger partial charge on any atom is -0.482 e. The molecule has 0 unspecified atom stereocenters. The fourth-order valence-corrected chi connectivity index (χ4v) is 6.04. The third-order valence-electron chi connectivity index (χ3n) is 8.28. The van der Waals surface area contributed by atoms with Gasteiger partial charge in [0, 0.05) is 42.6 Å². The number of rotatable bonds is 10. The number of aryl methyl sites for hydroxylation is 1. The highest BCUT2D eigenvalue weighted by molar-refractivity contribution is 6.10. The topological polar surface area (TPSA) is 63.6 Å². The van der Waals surface area contributed by atoms with Crippen molar-refractivity contribution in [1.29, 1.82) is 0 Å². The standard InChI is InChI=1S/C34H41N3O3/c1-7-13-29(38)26-20-25-30(40-34(26,4)5)21-27(35-16-12-17-37(8-2)9-3)31-32(25)36(6)28-19-23-15-11-10-14-22(23)18-24(28)33(31)39/h10-11,14-15,18-21,35H,7-9,12-13,16-17H2,1-6H3. The quantitative estimate of drug-likeness (QED) is 0.175. The molecule has 4 aromatic rings. The number of anilines is 1. The maximum atomic E-state index is 14.3. The molecule has 0 fully saturated rings. The van der Waals surface area contributed by atoms with E-state index in [1.807, 2.05) is 64.2 Å². The van der Waals surface area contributed by atoms with Gasteiger partial charge in [0.25, 0.3) is 0 Å². The van der Waals surface area contributed by atoms with E-state index in [-0.39, 0.29) is 11.2 Å². The molecule has 40 heavy (non-hydrogen) atoms. The van der Waals surface area contributed by atoms with Crippen LogP contribution in [0.4, 0.5) is 5.69 Å². The molecule has 0 saturated carbocycles. The van der Waals surface area contributed by atoms with Gasteiger partial charge in [-0.2, -0.15) is 0 Å². The van der Waals surface area contributed by atoms with Crippen molar-refractivity contribution in [3.63, 3.8) is 0 Å². The molecule has 1 aliphatic rings. The second kappa shape index (κ2) is 11.1. The SMILES string of the molecule is CCCC(=O)C1=Cc2c(cc(NCCCN(CC)CC)c3c(=O)c4cc5ccccc5cc4n(C)c23)OC1(C)C. The van der Waals surface area contributed by atoms with Gasteiger partial charge in [-0.25, -0.2) is 0 Å². The van der Waals surface area contributed by atoms with Crippen LogP contribution in [0.3, 0.4) is 0 Å². The average molecular weight is 540 g/mol. The number of carbonyl (C=O) groups excluding carboxylic acids is 1. The number of Topliss-reactive ketones (excluding diaryl/α,β-unsaturated/α-hetero) is 1. The van der Waals surface area contributed by atoms with Gasteiger partial charge in [0.05, 0.1) is 22.1 Å². The van der Waals surface area contributed by atoms with Gasteiger partial charge in [0.2, 0.25) is 0 Å². The Morgan fingerprint density at radius 2 is 1.75 bits per heavy atom. The summed E-state index contributed by atoms with van der Waals surface area (Å²) >= 11 is 0. The van der Waals surface area contributed by atoms with Gasteiger partial charge in [-0.1, -0.05) is 45.0 Å². The monoisotopic (exact) mass is 539 g/mol. The number of nitrogens with zero attached hydrogens (tertiary/aromatic N) is 2. The molecule has 0 atom stereocenters. The van der Waals surface area contributed by atoms with Gasteiger partial charge >= 0.3 is 0 Å². The van der Waals surface area contributed by atoms with E-state index in [0.717, 1.165) is 72.1 Å². The van der Waals surface area contributed by atoms with Crippen LogP contribution in [0.25, 0.3) is 38.7 Å². The van der Waals surface area contributed by atoms with Crippen LogP contribution in [-0.4, -0.2) is 47.0 Å². The number of ketones is 1. The van der Waals surface area contributed by atoms with Gasteiger partial charge in [-0.05, 0) is 75.3 Å². The number of benzene rings is 3. The molecule has 210 valence electrons. The molecule has 0 amide bonds. The summed E-state index contributed by atoms with van der Waals surface area (Å²) < 4.78 is 8.65. The van der Waals surface area contributed by atoms with Gasteiger partial charge in [-0.15, -0.1) is 0 Å². The lowest BCUT2D eigenvalue weighted by molar-refractivity contribution is -0.117. The van der Waals surface area contributed by atoms with Crippen molar-refractivity contribution in [3.05, 3.63) is 63.8 Å². The van der Waals surface area contributed by atoms with Crippen molar-refractivity contribution < 1.29 is 9.53 Å². The zero-order chi connectivity index (χ0) is 28.6. The minimum absolute atomic E-state index is 0.0115. The van der Waals surface area contributed by atoms with Crippen LogP contribution in [0.1, 0.15) is 59.4 Å². The minimum atomic E-state index is -0.765. The second-order valence-electron chi connectivity index (χ2n) is 11.3. The Labute approximate surface area is 236 Å². The zero-order valence-corrected chi connectivity index (χ0v) is 24.7. The Hall–Kier alpha value is -3.64. The predicted molar refractivity (Wildman–Crippen MR) is 168 cm³/mol. The molecule has 2 heterocycles. The van der Waals surface area contributed by atoms with Crippen LogP contribution in [0.15, 0.2) is 52.8 Å². The maximum Gasteiger partial charge on any atom is 0.199 e. The molecule has 1 N–H and O–H groups in total. The molecule has 0 saturated heterocycles. The first-order chi connectivity index (χ1) is 19.2. The highest BCUT2D eigenvalue weighted by atomic mass is 16.5. The number of hydrogen-bond acceptors (Lipinski definition) is 5. The Morgan fingerprint density at radius 1 is 1.05 bits per heavy atom.